The molecule has 0 amide bonds. The highest BCUT2D eigenvalue weighted by Crippen LogP contribution is 2.43. The number of unbranched alkanes of at least 4 members (excludes halogenated alkanes) is 1. The standard InChI is InChI=1S/C38H73N9O2/c1-18-19-20-45(29-25-37(10,11)47(49-17)38(12,13)26-29)32-40-30(43(14)27-21-33(2,3)42-34(4,5)22-27)39-31(41-32)44(15)28-23-35(6,7)46(48-16)36(8,9)24-28/h27-29,42H,18-26H2,1-17H3. The van der Waals surface area contributed by atoms with Gasteiger partial charge in [0.25, 0.3) is 0 Å². The lowest BCUT2D eigenvalue weighted by Gasteiger charge is -2.55. The number of aromatic nitrogens is 3. The highest BCUT2D eigenvalue weighted by Gasteiger charge is 2.50. The summed E-state index contributed by atoms with van der Waals surface area (Å²) in [5.41, 5.74) is -0.620. The largest absolute Gasteiger partial charge is 0.341 e. The van der Waals surface area contributed by atoms with E-state index in [2.05, 4.69) is 134 Å². The topological polar surface area (TPSA) is 85.4 Å². The second kappa shape index (κ2) is 14.0. The Morgan fingerprint density at radius 2 is 0.939 bits per heavy atom. The summed E-state index contributed by atoms with van der Waals surface area (Å²) in [6, 6.07) is 0.768. The van der Waals surface area contributed by atoms with Gasteiger partial charge in [-0.05, 0) is 128 Å². The fourth-order valence-electron chi connectivity index (χ4n) is 10.3. The van der Waals surface area contributed by atoms with Crippen LogP contribution in [-0.2, 0) is 9.68 Å². The summed E-state index contributed by atoms with van der Waals surface area (Å²) in [5.74, 6) is 2.29. The minimum absolute atomic E-state index is 0.00227. The molecule has 3 fully saturated rings. The van der Waals surface area contributed by atoms with Crippen molar-refractivity contribution in [2.45, 2.75) is 193 Å². The Morgan fingerprint density at radius 1 is 0.592 bits per heavy atom. The Labute approximate surface area is 299 Å². The summed E-state index contributed by atoms with van der Waals surface area (Å²) in [5, 5.41) is 8.22. The third-order valence-electron chi connectivity index (χ3n) is 11.5. The maximum Gasteiger partial charge on any atom is 0.232 e. The first kappa shape index (κ1) is 40.0. The molecular formula is C38H73N9O2. The van der Waals surface area contributed by atoms with Crippen LogP contribution in [-0.4, -0.2) is 111 Å². The molecule has 11 heteroatoms. The highest BCUT2D eigenvalue weighted by atomic mass is 16.7. The minimum atomic E-state index is -0.156. The molecule has 49 heavy (non-hydrogen) atoms. The van der Waals surface area contributed by atoms with Crippen LogP contribution in [0.3, 0.4) is 0 Å². The van der Waals surface area contributed by atoms with Gasteiger partial charge < -0.3 is 29.7 Å². The molecule has 0 aliphatic carbocycles. The summed E-state index contributed by atoms with van der Waals surface area (Å²) >= 11 is 0. The maximum absolute atomic E-state index is 6.00. The molecule has 1 aromatic rings. The predicted molar refractivity (Wildman–Crippen MR) is 203 cm³/mol. The molecule has 0 saturated carbocycles. The van der Waals surface area contributed by atoms with Crippen LogP contribution in [0.5, 0.6) is 0 Å². The Kier molecular flexibility index (Phi) is 11.4. The van der Waals surface area contributed by atoms with Crippen LogP contribution in [0.15, 0.2) is 0 Å². The molecule has 1 N–H and O–H groups in total. The molecule has 0 bridgehead atoms. The Morgan fingerprint density at radius 3 is 1.31 bits per heavy atom. The SMILES string of the molecule is CCCCN(c1nc(N(C)C2CC(C)(C)NC(C)(C)C2)nc(N(C)C2CC(C)(C)N(OC)C(C)(C)C2)n1)C1CC(C)(C)N(OC)C(C)(C)C1. The van der Waals surface area contributed by atoms with Gasteiger partial charge in [-0.25, -0.2) is 0 Å². The fraction of sp³-hybridized carbons (Fsp3) is 0.921. The lowest BCUT2D eigenvalue weighted by atomic mass is 9.78. The van der Waals surface area contributed by atoms with Crippen molar-refractivity contribution in [1.82, 2.24) is 30.4 Å². The van der Waals surface area contributed by atoms with Crippen molar-refractivity contribution in [2.75, 3.05) is 49.6 Å². The summed E-state index contributed by atoms with van der Waals surface area (Å²) in [7, 11) is 7.96. The zero-order valence-electron chi connectivity index (χ0n) is 34.5. The molecule has 11 nitrogen and oxygen atoms in total. The van der Waals surface area contributed by atoms with E-state index < -0.39 is 0 Å². The molecule has 4 rings (SSSR count). The van der Waals surface area contributed by atoms with E-state index in [-0.39, 0.29) is 51.4 Å². The molecule has 3 saturated heterocycles. The first-order valence-corrected chi connectivity index (χ1v) is 18.9. The molecule has 0 aromatic carbocycles. The molecule has 0 atom stereocenters. The molecule has 0 unspecified atom stereocenters. The second-order valence-electron chi connectivity index (χ2n) is 19.3. The van der Waals surface area contributed by atoms with Gasteiger partial charge in [0.15, 0.2) is 0 Å². The maximum atomic E-state index is 6.00. The van der Waals surface area contributed by atoms with Crippen LogP contribution < -0.4 is 20.0 Å². The van der Waals surface area contributed by atoms with Crippen LogP contribution in [0, 0.1) is 0 Å². The lowest BCUT2D eigenvalue weighted by molar-refractivity contribution is -0.266. The van der Waals surface area contributed by atoms with E-state index in [0.29, 0.717) is 0 Å². The summed E-state index contributed by atoms with van der Waals surface area (Å²) in [4.78, 5) is 35.2. The third kappa shape index (κ3) is 8.65. The van der Waals surface area contributed by atoms with E-state index in [1.54, 1.807) is 14.2 Å². The van der Waals surface area contributed by atoms with Crippen molar-refractivity contribution >= 4 is 17.8 Å². The average molecular weight is 688 g/mol. The highest BCUT2D eigenvalue weighted by molar-refractivity contribution is 5.48. The van der Waals surface area contributed by atoms with Gasteiger partial charge in [0.1, 0.15) is 0 Å². The van der Waals surface area contributed by atoms with Crippen molar-refractivity contribution in [2.24, 2.45) is 0 Å². The summed E-state index contributed by atoms with van der Waals surface area (Å²) < 4.78 is 0. The smallest absolute Gasteiger partial charge is 0.232 e. The quantitative estimate of drug-likeness (QED) is 0.266. The minimum Gasteiger partial charge on any atom is -0.341 e. The number of rotatable bonds is 11. The number of nitrogens with one attached hydrogen (secondary N) is 1. The van der Waals surface area contributed by atoms with Crippen molar-refractivity contribution in [3.05, 3.63) is 0 Å². The van der Waals surface area contributed by atoms with Gasteiger partial charge in [-0.2, -0.15) is 25.1 Å². The molecule has 0 spiro atoms. The van der Waals surface area contributed by atoms with Gasteiger partial charge in [-0.3, -0.25) is 0 Å². The van der Waals surface area contributed by atoms with E-state index in [4.69, 9.17) is 24.6 Å². The van der Waals surface area contributed by atoms with Gasteiger partial charge in [0.05, 0.1) is 14.2 Å². The number of hydrogen-bond donors (Lipinski definition) is 1. The van der Waals surface area contributed by atoms with E-state index in [0.717, 1.165) is 75.8 Å². The zero-order valence-corrected chi connectivity index (χ0v) is 34.5. The van der Waals surface area contributed by atoms with Crippen LogP contribution >= 0.6 is 0 Å². The average Bonchev–Trinajstić information content (AvgIpc) is 2.92. The normalized spacial score (nSPS) is 25.7. The van der Waals surface area contributed by atoms with Gasteiger partial charge in [0.2, 0.25) is 17.8 Å². The van der Waals surface area contributed by atoms with Crippen molar-refractivity contribution < 1.29 is 9.68 Å². The van der Waals surface area contributed by atoms with Crippen LogP contribution in [0.1, 0.15) is 141 Å². The molecule has 3 aliphatic heterocycles. The first-order valence-electron chi connectivity index (χ1n) is 18.9. The molecule has 282 valence electrons. The monoisotopic (exact) mass is 688 g/mol. The van der Waals surface area contributed by atoms with E-state index >= 15 is 0 Å². The van der Waals surface area contributed by atoms with Crippen LogP contribution in [0.2, 0.25) is 0 Å². The molecule has 3 aliphatic rings. The predicted octanol–water partition coefficient (Wildman–Crippen LogP) is 6.83. The van der Waals surface area contributed by atoms with Crippen molar-refractivity contribution in [3.63, 3.8) is 0 Å². The number of hydroxylamine groups is 4. The number of nitrogens with zero attached hydrogens (tertiary/aromatic N) is 8. The van der Waals surface area contributed by atoms with E-state index in [9.17, 15) is 0 Å². The summed E-state index contributed by atoms with van der Waals surface area (Å²) in [6.07, 6.45) is 7.95. The Bertz CT molecular complexity index is 1230. The third-order valence-corrected chi connectivity index (χ3v) is 11.5. The van der Waals surface area contributed by atoms with Gasteiger partial charge in [-0.15, -0.1) is 0 Å². The van der Waals surface area contributed by atoms with E-state index in [1.807, 2.05) is 0 Å². The fourth-order valence-corrected chi connectivity index (χ4v) is 10.3. The van der Waals surface area contributed by atoms with Crippen molar-refractivity contribution in [1.29, 1.82) is 0 Å². The molecule has 1 aromatic heterocycles. The van der Waals surface area contributed by atoms with Gasteiger partial charge in [-0.1, -0.05) is 13.3 Å². The molecule has 4 heterocycles. The van der Waals surface area contributed by atoms with Gasteiger partial charge >= 0.3 is 0 Å². The lowest BCUT2D eigenvalue weighted by Crippen LogP contribution is -2.64. The van der Waals surface area contributed by atoms with Crippen LogP contribution in [0.4, 0.5) is 17.8 Å². The number of hydrogen-bond acceptors (Lipinski definition) is 11. The first-order chi connectivity index (χ1) is 22.4. The number of anilines is 3. The van der Waals surface area contributed by atoms with Crippen molar-refractivity contribution in [3.8, 4) is 0 Å². The van der Waals surface area contributed by atoms with E-state index in [1.165, 1.54) is 0 Å². The Balaban J connectivity index is 1.83. The second-order valence-corrected chi connectivity index (χ2v) is 19.3. The Hall–Kier alpha value is -1.79. The zero-order chi connectivity index (χ0) is 37.0. The molecular weight excluding hydrogens is 614 g/mol. The summed E-state index contributed by atoms with van der Waals surface area (Å²) in [6.45, 7) is 30.7. The molecule has 0 radical (unpaired) electrons. The van der Waals surface area contributed by atoms with Crippen LogP contribution in [0.25, 0.3) is 0 Å². The van der Waals surface area contributed by atoms with Gasteiger partial charge in [0, 0.05) is 72.0 Å². The number of piperidine rings is 3.